The summed E-state index contributed by atoms with van der Waals surface area (Å²) in [6, 6.07) is 0. The average molecular weight is 195 g/mol. The highest BCUT2D eigenvalue weighted by molar-refractivity contribution is 5.93. The van der Waals surface area contributed by atoms with Crippen molar-refractivity contribution in [2.24, 2.45) is 5.41 Å². The van der Waals surface area contributed by atoms with Crippen molar-refractivity contribution in [2.75, 3.05) is 13.1 Å². The Morgan fingerprint density at radius 3 is 2.50 bits per heavy atom. The van der Waals surface area contributed by atoms with Crippen molar-refractivity contribution in [2.45, 2.75) is 19.3 Å². The maximum Gasteiger partial charge on any atom is 0.407 e. The molecule has 0 aromatic carbocycles. The molecule has 4 heteroatoms. The zero-order valence-electron chi connectivity index (χ0n) is 7.90. The van der Waals surface area contributed by atoms with E-state index in [1.54, 1.807) is 6.08 Å². The van der Waals surface area contributed by atoms with Crippen molar-refractivity contribution < 1.29 is 14.7 Å². The number of ketones is 1. The van der Waals surface area contributed by atoms with Crippen LogP contribution in [0.3, 0.4) is 0 Å². The summed E-state index contributed by atoms with van der Waals surface area (Å²) in [6.07, 6.45) is 4.88. The van der Waals surface area contributed by atoms with Gasteiger partial charge in [-0.25, -0.2) is 4.79 Å². The van der Waals surface area contributed by atoms with Gasteiger partial charge in [-0.15, -0.1) is 0 Å². The topological polar surface area (TPSA) is 57.6 Å². The second kappa shape index (κ2) is 3.12. The van der Waals surface area contributed by atoms with Crippen LogP contribution in [-0.4, -0.2) is 35.0 Å². The molecule has 14 heavy (non-hydrogen) atoms. The van der Waals surface area contributed by atoms with Crippen molar-refractivity contribution in [1.82, 2.24) is 4.90 Å². The van der Waals surface area contributed by atoms with Gasteiger partial charge in [-0.2, -0.15) is 0 Å². The molecule has 1 heterocycles. The molecule has 0 aromatic heterocycles. The van der Waals surface area contributed by atoms with Crippen LogP contribution in [-0.2, 0) is 4.79 Å². The van der Waals surface area contributed by atoms with Crippen LogP contribution in [0, 0.1) is 5.41 Å². The summed E-state index contributed by atoms with van der Waals surface area (Å²) < 4.78 is 0. The first-order valence-electron chi connectivity index (χ1n) is 4.81. The smallest absolute Gasteiger partial charge is 0.407 e. The Morgan fingerprint density at radius 1 is 1.43 bits per heavy atom. The van der Waals surface area contributed by atoms with Crippen molar-refractivity contribution in [1.29, 1.82) is 0 Å². The fourth-order valence-corrected chi connectivity index (χ4v) is 2.22. The molecular weight excluding hydrogens is 182 g/mol. The molecule has 0 saturated carbocycles. The maximum absolute atomic E-state index is 11.1. The molecule has 1 saturated heterocycles. The number of allylic oxidation sites excluding steroid dienone is 2. The lowest BCUT2D eigenvalue weighted by Gasteiger charge is -2.36. The Kier molecular flexibility index (Phi) is 2.06. The molecule has 2 rings (SSSR count). The number of likely N-dealkylation sites (tertiary alicyclic amines) is 1. The first kappa shape index (κ1) is 9.24. The van der Waals surface area contributed by atoms with Crippen LogP contribution in [0.2, 0.25) is 0 Å². The summed E-state index contributed by atoms with van der Waals surface area (Å²) in [7, 11) is 0. The van der Waals surface area contributed by atoms with E-state index < -0.39 is 6.09 Å². The van der Waals surface area contributed by atoms with Gasteiger partial charge in [0.2, 0.25) is 0 Å². The van der Waals surface area contributed by atoms with E-state index in [0.717, 1.165) is 12.8 Å². The number of piperidine rings is 1. The van der Waals surface area contributed by atoms with Crippen molar-refractivity contribution in [3.63, 3.8) is 0 Å². The second-order valence-corrected chi connectivity index (χ2v) is 4.11. The molecule has 2 aliphatic rings. The van der Waals surface area contributed by atoms with E-state index in [-0.39, 0.29) is 11.2 Å². The fourth-order valence-electron chi connectivity index (χ4n) is 2.22. The quantitative estimate of drug-likeness (QED) is 0.633. The molecular formula is C10H13NO3. The lowest BCUT2D eigenvalue weighted by Crippen LogP contribution is -2.41. The monoisotopic (exact) mass is 195 g/mol. The number of carbonyl (C=O) groups is 2. The Hall–Kier alpha value is -1.32. The predicted octanol–water partition coefficient (Wildman–Crippen LogP) is 1.28. The first-order chi connectivity index (χ1) is 6.61. The summed E-state index contributed by atoms with van der Waals surface area (Å²) in [6.45, 7) is 1.10. The summed E-state index contributed by atoms with van der Waals surface area (Å²) in [5.41, 5.74) is -0.0248. The van der Waals surface area contributed by atoms with E-state index in [0.29, 0.717) is 19.5 Å². The van der Waals surface area contributed by atoms with Gasteiger partial charge >= 0.3 is 6.09 Å². The number of amides is 1. The fraction of sp³-hybridized carbons (Fsp3) is 0.600. The summed E-state index contributed by atoms with van der Waals surface area (Å²) in [5.74, 6) is 0.175. The molecule has 1 aliphatic carbocycles. The van der Waals surface area contributed by atoms with Crippen LogP contribution in [0.25, 0.3) is 0 Å². The lowest BCUT2D eigenvalue weighted by molar-refractivity contribution is -0.115. The van der Waals surface area contributed by atoms with E-state index >= 15 is 0 Å². The highest BCUT2D eigenvalue weighted by Gasteiger charge is 2.37. The molecule has 0 aromatic rings. The second-order valence-electron chi connectivity index (χ2n) is 4.11. The van der Waals surface area contributed by atoms with Crippen molar-refractivity contribution in [3.05, 3.63) is 12.2 Å². The summed E-state index contributed by atoms with van der Waals surface area (Å²) in [4.78, 5) is 23.2. The maximum atomic E-state index is 11.1. The van der Waals surface area contributed by atoms with Gasteiger partial charge in [-0.05, 0) is 24.3 Å². The highest BCUT2D eigenvalue weighted by Crippen LogP contribution is 2.40. The van der Waals surface area contributed by atoms with Gasteiger partial charge in [0.15, 0.2) is 5.78 Å². The third-order valence-electron chi connectivity index (χ3n) is 3.18. The molecule has 76 valence electrons. The molecule has 0 unspecified atom stereocenters. The molecule has 1 spiro atoms. The largest absolute Gasteiger partial charge is 0.465 e. The minimum Gasteiger partial charge on any atom is -0.465 e. The minimum atomic E-state index is -0.854. The minimum absolute atomic E-state index is 0.0248. The third kappa shape index (κ3) is 1.52. The molecule has 1 fully saturated rings. The van der Waals surface area contributed by atoms with Gasteiger partial charge in [0.25, 0.3) is 0 Å². The molecule has 0 bridgehead atoms. The number of hydrogen-bond acceptors (Lipinski definition) is 2. The molecule has 1 aliphatic heterocycles. The van der Waals surface area contributed by atoms with Crippen molar-refractivity contribution >= 4 is 11.9 Å². The zero-order chi connectivity index (χ0) is 10.2. The van der Waals surface area contributed by atoms with Gasteiger partial charge < -0.3 is 10.0 Å². The first-order valence-corrected chi connectivity index (χ1v) is 4.81. The molecule has 1 N–H and O–H groups in total. The van der Waals surface area contributed by atoms with E-state index in [9.17, 15) is 9.59 Å². The van der Waals surface area contributed by atoms with Gasteiger partial charge in [-0.1, -0.05) is 6.08 Å². The number of nitrogens with zero attached hydrogens (tertiary/aromatic N) is 1. The summed E-state index contributed by atoms with van der Waals surface area (Å²) in [5, 5.41) is 8.76. The van der Waals surface area contributed by atoms with E-state index in [1.807, 2.05) is 6.08 Å². The van der Waals surface area contributed by atoms with E-state index in [1.165, 1.54) is 4.90 Å². The standard InChI is InChI=1S/C10H13NO3/c12-8-1-2-10(7-8)3-5-11(6-4-10)9(13)14/h1-2H,3-7H2,(H,13,14). The molecule has 1 amide bonds. The Balaban J connectivity index is 1.99. The van der Waals surface area contributed by atoms with Crippen LogP contribution in [0.15, 0.2) is 12.2 Å². The summed E-state index contributed by atoms with van der Waals surface area (Å²) >= 11 is 0. The van der Waals surface area contributed by atoms with E-state index in [4.69, 9.17) is 5.11 Å². The van der Waals surface area contributed by atoms with E-state index in [2.05, 4.69) is 0 Å². The highest BCUT2D eigenvalue weighted by atomic mass is 16.4. The zero-order valence-corrected chi connectivity index (χ0v) is 7.90. The Labute approximate surface area is 82.2 Å². The number of carboxylic acid groups (broad SMARTS) is 1. The van der Waals surface area contributed by atoms with Crippen LogP contribution < -0.4 is 0 Å². The number of hydrogen-bond donors (Lipinski definition) is 1. The number of rotatable bonds is 0. The number of carbonyl (C=O) groups excluding carboxylic acids is 1. The lowest BCUT2D eigenvalue weighted by atomic mass is 9.78. The molecule has 0 atom stereocenters. The third-order valence-corrected chi connectivity index (χ3v) is 3.18. The SMILES string of the molecule is O=C1C=CC2(CCN(C(=O)O)CC2)C1. The van der Waals surface area contributed by atoms with Crippen LogP contribution in [0.1, 0.15) is 19.3 Å². The van der Waals surface area contributed by atoms with Crippen molar-refractivity contribution in [3.8, 4) is 0 Å². The van der Waals surface area contributed by atoms with Crippen LogP contribution in [0.5, 0.6) is 0 Å². The van der Waals surface area contributed by atoms with Gasteiger partial charge in [0.05, 0.1) is 0 Å². The normalized spacial score (nSPS) is 24.6. The molecule has 4 nitrogen and oxygen atoms in total. The van der Waals surface area contributed by atoms with Gasteiger partial charge in [0.1, 0.15) is 0 Å². The van der Waals surface area contributed by atoms with Gasteiger partial charge in [-0.3, -0.25) is 4.79 Å². The predicted molar refractivity (Wildman–Crippen MR) is 50.0 cm³/mol. The van der Waals surface area contributed by atoms with Crippen LogP contribution >= 0.6 is 0 Å². The molecule has 0 radical (unpaired) electrons. The Bertz CT molecular complexity index is 300. The van der Waals surface area contributed by atoms with Crippen LogP contribution in [0.4, 0.5) is 4.79 Å². The Morgan fingerprint density at radius 2 is 2.07 bits per heavy atom. The average Bonchev–Trinajstić information content (AvgIpc) is 2.48. The van der Waals surface area contributed by atoms with Gasteiger partial charge in [0, 0.05) is 19.5 Å².